The highest BCUT2D eigenvalue weighted by Gasteiger charge is 2.18. The zero-order valence-electron chi connectivity index (χ0n) is 10.9. The van der Waals surface area contributed by atoms with Gasteiger partial charge >= 0.3 is 6.09 Å². The first-order chi connectivity index (χ1) is 8.63. The van der Waals surface area contributed by atoms with Crippen LogP contribution >= 0.6 is 23.9 Å². The number of oxime groups is 1. The SMILES string of the molecule is CCS/C(C)=N/OC(=O)N(C)SN1CCOCC1. The average Bonchev–Trinajstić information content (AvgIpc) is 2.37. The first-order valence-corrected chi connectivity index (χ1v) is 7.48. The zero-order chi connectivity index (χ0) is 13.4. The number of carbonyl (C=O) groups excluding carboxylic acids is 1. The Kier molecular flexibility index (Phi) is 7.48. The smallest absolute Gasteiger partial charge is 0.379 e. The number of ether oxygens (including phenoxy) is 1. The second-order valence-corrected chi connectivity index (χ2v) is 6.21. The first kappa shape index (κ1) is 15.6. The monoisotopic (exact) mass is 293 g/mol. The van der Waals surface area contributed by atoms with Crippen LogP contribution in [0.3, 0.4) is 0 Å². The second-order valence-electron chi connectivity index (χ2n) is 3.52. The van der Waals surface area contributed by atoms with Crippen LogP contribution < -0.4 is 0 Å². The van der Waals surface area contributed by atoms with E-state index in [1.54, 1.807) is 18.8 Å². The van der Waals surface area contributed by atoms with Crippen molar-refractivity contribution in [1.29, 1.82) is 0 Å². The van der Waals surface area contributed by atoms with Crippen LogP contribution in [0.2, 0.25) is 0 Å². The molecule has 1 fully saturated rings. The molecule has 1 amide bonds. The molecule has 0 atom stereocenters. The molecule has 0 aliphatic carbocycles. The molecule has 6 nitrogen and oxygen atoms in total. The highest BCUT2D eigenvalue weighted by molar-refractivity contribution is 8.13. The lowest BCUT2D eigenvalue weighted by molar-refractivity contribution is 0.0753. The van der Waals surface area contributed by atoms with Gasteiger partial charge in [-0.1, -0.05) is 12.1 Å². The van der Waals surface area contributed by atoms with Crippen molar-refractivity contribution < 1.29 is 14.4 Å². The van der Waals surface area contributed by atoms with Crippen molar-refractivity contribution in [1.82, 2.24) is 8.61 Å². The molecule has 1 heterocycles. The first-order valence-electron chi connectivity index (χ1n) is 5.76. The van der Waals surface area contributed by atoms with Crippen LogP contribution in [0.25, 0.3) is 0 Å². The van der Waals surface area contributed by atoms with Gasteiger partial charge in [-0.25, -0.2) is 13.4 Å². The van der Waals surface area contributed by atoms with E-state index >= 15 is 0 Å². The van der Waals surface area contributed by atoms with Crippen molar-refractivity contribution in [3.05, 3.63) is 0 Å². The highest BCUT2D eigenvalue weighted by Crippen LogP contribution is 2.17. The third-order valence-corrected chi connectivity index (χ3v) is 3.84. The van der Waals surface area contributed by atoms with Gasteiger partial charge in [-0.15, -0.1) is 11.8 Å². The lowest BCUT2D eigenvalue weighted by Gasteiger charge is -2.27. The van der Waals surface area contributed by atoms with E-state index in [2.05, 4.69) is 9.46 Å². The molecule has 1 saturated heterocycles. The van der Waals surface area contributed by atoms with Crippen LogP contribution in [0.5, 0.6) is 0 Å². The number of carbonyl (C=O) groups is 1. The molecule has 0 saturated carbocycles. The summed E-state index contributed by atoms with van der Waals surface area (Å²) >= 11 is 2.87. The minimum Gasteiger partial charge on any atom is -0.379 e. The summed E-state index contributed by atoms with van der Waals surface area (Å²) in [6.45, 7) is 6.83. The van der Waals surface area contributed by atoms with Crippen LogP contribution in [0.4, 0.5) is 4.79 Å². The van der Waals surface area contributed by atoms with Crippen molar-refractivity contribution in [2.24, 2.45) is 5.16 Å². The van der Waals surface area contributed by atoms with Gasteiger partial charge in [0.1, 0.15) is 5.04 Å². The van der Waals surface area contributed by atoms with Gasteiger partial charge in [0.2, 0.25) is 0 Å². The molecule has 0 aromatic rings. The Morgan fingerprint density at radius 2 is 2.17 bits per heavy atom. The quantitative estimate of drug-likeness (QED) is 0.260. The summed E-state index contributed by atoms with van der Waals surface area (Å²) in [6, 6.07) is 0. The fraction of sp³-hybridized carbons (Fsp3) is 0.800. The Morgan fingerprint density at radius 1 is 1.50 bits per heavy atom. The summed E-state index contributed by atoms with van der Waals surface area (Å²) in [5.41, 5.74) is 0. The van der Waals surface area contributed by atoms with Gasteiger partial charge < -0.3 is 4.74 Å². The Hall–Kier alpha value is -0.440. The third kappa shape index (κ3) is 5.94. The van der Waals surface area contributed by atoms with Crippen molar-refractivity contribution in [3.8, 4) is 0 Å². The molecule has 0 N–H and O–H groups in total. The van der Waals surface area contributed by atoms with E-state index in [4.69, 9.17) is 9.57 Å². The normalized spacial score (nSPS) is 17.6. The van der Waals surface area contributed by atoms with E-state index in [9.17, 15) is 4.79 Å². The summed E-state index contributed by atoms with van der Waals surface area (Å²) in [5.74, 6) is 0.908. The van der Waals surface area contributed by atoms with E-state index in [0.717, 1.165) is 23.9 Å². The molecule has 0 unspecified atom stereocenters. The molecule has 0 spiro atoms. The molecular weight excluding hydrogens is 274 g/mol. The number of amides is 1. The Morgan fingerprint density at radius 3 is 2.78 bits per heavy atom. The number of morpholine rings is 1. The summed E-state index contributed by atoms with van der Waals surface area (Å²) in [6.07, 6.45) is -0.470. The Bertz CT molecular complexity index is 296. The number of nitrogens with zero attached hydrogens (tertiary/aromatic N) is 3. The van der Waals surface area contributed by atoms with E-state index in [-0.39, 0.29) is 0 Å². The summed E-state index contributed by atoms with van der Waals surface area (Å²) in [4.78, 5) is 16.5. The van der Waals surface area contributed by atoms with Crippen LogP contribution in [-0.2, 0) is 9.57 Å². The zero-order valence-corrected chi connectivity index (χ0v) is 12.6. The van der Waals surface area contributed by atoms with E-state index in [1.165, 1.54) is 16.4 Å². The fourth-order valence-corrected chi connectivity index (χ4v) is 2.50. The van der Waals surface area contributed by atoms with Crippen LogP contribution in [0.15, 0.2) is 5.16 Å². The number of rotatable bonds is 4. The lowest BCUT2D eigenvalue weighted by atomic mass is 10.5. The molecule has 1 aliphatic rings. The molecule has 0 bridgehead atoms. The molecular formula is C10H19N3O3S2. The van der Waals surface area contributed by atoms with Gasteiger partial charge in [0.15, 0.2) is 0 Å². The average molecular weight is 293 g/mol. The van der Waals surface area contributed by atoms with Crippen LogP contribution in [-0.4, -0.2) is 58.9 Å². The number of thioether (sulfide) groups is 1. The fourth-order valence-electron chi connectivity index (χ4n) is 1.23. The largest absolute Gasteiger partial charge is 0.446 e. The van der Waals surface area contributed by atoms with Crippen molar-refractivity contribution in [3.63, 3.8) is 0 Å². The Labute approximate surface area is 116 Å². The molecule has 18 heavy (non-hydrogen) atoms. The van der Waals surface area contributed by atoms with Gasteiger partial charge in [0, 0.05) is 32.3 Å². The van der Waals surface area contributed by atoms with Gasteiger partial charge in [0.25, 0.3) is 0 Å². The maximum Gasteiger partial charge on any atom is 0.446 e. The van der Waals surface area contributed by atoms with Gasteiger partial charge in [-0.3, -0.25) is 4.84 Å². The molecule has 1 aliphatic heterocycles. The van der Waals surface area contributed by atoms with Gasteiger partial charge in [-0.05, 0) is 12.7 Å². The third-order valence-electron chi connectivity index (χ3n) is 2.07. The number of hydrogen-bond acceptors (Lipinski definition) is 7. The van der Waals surface area contributed by atoms with Crippen LogP contribution in [0.1, 0.15) is 13.8 Å². The highest BCUT2D eigenvalue weighted by atomic mass is 32.2. The molecule has 0 aromatic heterocycles. The Balaban J connectivity index is 2.29. The van der Waals surface area contributed by atoms with Crippen molar-refractivity contribution >= 4 is 35.0 Å². The summed E-state index contributed by atoms with van der Waals surface area (Å²) in [7, 11) is 1.67. The number of hydrogen-bond donors (Lipinski definition) is 0. The lowest BCUT2D eigenvalue weighted by Crippen LogP contribution is -2.35. The van der Waals surface area contributed by atoms with E-state index < -0.39 is 6.09 Å². The predicted octanol–water partition coefficient (Wildman–Crippen LogP) is 2.04. The van der Waals surface area contributed by atoms with Crippen LogP contribution in [0, 0.1) is 0 Å². The topological polar surface area (TPSA) is 54.4 Å². The maximum absolute atomic E-state index is 11.6. The molecule has 0 radical (unpaired) electrons. The van der Waals surface area contributed by atoms with Crippen molar-refractivity contribution in [2.45, 2.75) is 13.8 Å². The molecule has 0 aromatic carbocycles. The van der Waals surface area contributed by atoms with E-state index in [1.807, 2.05) is 13.8 Å². The minimum absolute atomic E-state index is 0.470. The molecule has 104 valence electrons. The molecule has 8 heteroatoms. The summed E-state index contributed by atoms with van der Waals surface area (Å²) < 4.78 is 8.72. The van der Waals surface area contributed by atoms with Gasteiger partial charge in [-0.2, -0.15) is 0 Å². The minimum atomic E-state index is -0.470. The predicted molar refractivity (Wildman–Crippen MR) is 75.5 cm³/mol. The maximum atomic E-state index is 11.6. The standard InChI is InChI=1S/C10H19N3O3S2/c1-4-17-9(2)11-16-10(14)12(3)18-13-5-7-15-8-6-13/h4-8H2,1-3H3/b11-9+. The molecule has 1 rings (SSSR count). The second kappa shape index (κ2) is 8.63. The van der Waals surface area contributed by atoms with Crippen molar-refractivity contribution in [2.75, 3.05) is 39.1 Å². The van der Waals surface area contributed by atoms with E-state index in [0.29, 0.717) is 13.2 Å². The summed E-state index contributed by atoms with van der Waals surface area (Å²) in [5, 5.41) is 4.51. The van der Waals surface area contributed by atoms with Gasteiger partial charge in [0.05, 0.1) is 13.2 Å².